The molecule has 2 atom stereocenters. The Balaban J connectivity index is 2.02. The van der Waals surface area contributed by atoms with Crippen LogP contribution < -0.4 is 5.32 Å². The van der Waals surface area contributed by atoms with Gasteiger partial charge in [0.15, 0.2) is 0 Å². The molecule has 4 nitrogen and oxygen atoms in total. The lowest BCUT2D eigenvalue weighted by atomic mass is 9.98. The average molecular weight is 301 g/mol. The Labute approximate surface area is 129 Å². The van der Waals surface area contributed by atoms with Crippen molar-refractivity contribution < 1.29 is 5.11 Å². The number of rotatable bonds is 6. The lowest BCUT2D eigenvalue weighted by Gasteiger charge is -2.29. The van der Waals surface area contributed by atoms with Gasteiger partial charge in [-0.2, -0.15) is 5.26 Å². The van der Waals surface area contributed by atoms with E-state index in [0.717, 1.165) is 17.0 Å². The lowest BCUT2D eigenvalue weighted by molar-refractivity contribution is 0.157. The number of thiazole rings is 1. The molecule has 0 bridgehead atoms. The molecule has 0 spiro atoms. The zero-order valence-corrected chi connectivity index (χ0v) is 13.0. The number of hydrogen-bond acceptors (Lipinski definition) is 5. The van der Waals surface area contributed by atoms with Gasteiger partial charge in [-0.3, -0.25) is 0 Å². The normalized spacial score (nSPS) is 15.1. The van der Waals surface area contributed by atoms with Crippen LogP contribution >= 0.6 is 11.3 Å². The summed E-state index contributed by atoms with van der Waals surface area (Å²) in [5, 5.41) is 25.5. The second kappa shape index (κ2) is 6.81. The van der Waals surface area contributed by atoms with Gasteiger partial charge in [0.25, 0.3) is 0 Å². The Kier molecular flexibility index (Phi) is 5.07. The van der Waals surface area contributed by atoms with Crippen molar-refractivity contribution in [2.45, 2.75) is 31.9 Å². The zero-order valence-electron chi connectivity index (χ0n) is 12.2. The van der Waals surface area contributed by atoms with Gasteiger partial charge >= 0.3 is 0 Å². The van der Waals surface area contributed by atoms with Crippen LogP contribution in [0.15, 0.2) is 35.8 Å². The highest BCUT2D eigenvalue weighted by atomic mass is 32.1. The first-order chi connectivity index (χ1) is 10.1. The van der Waals surface area contributed by atoms with Crippen LogP contribution in [0, 0.1) is 11.3 Å². The number of nitrogens with one attached hydrogen (secondary N) is 1. The largest absolute Gasteiger partial charge is 0.387 e. The third-order valence-electron chi connectivity index (χ3n) is 3.72. The highest BCUT2D eigenvalue weighted by molar-refractivity contribution is 7.09. The Morgan fingerprint density at radius 3 is 2.67 bits per heavy atom. The maximum absolute atomic E-state index is 10.3. The minimum absolute atomic E-state index is 0.234. The van der Waals surface area contributed by atoms with E-state index in [1.165, 1.54) is 0 Å². The molecule has 2 aromatic rings. The molecule has 110 valence electrons. The Morgan fingerprint density at radius 2 is 2.14 bits per heavy atom. The van der Waals surface area contributed by atoms with Gasteiger partial charge < -0.3 is 10.4 Å². The monoisotopic (exact) mass is 301 g/mol. The maximum Gasteiger partial charge on any atom is 0.112 e. The van der Waals surface area contributed by atoms with Gasteiger partial charge in [0.2, 0.25) is 0 Å². The third-order valence-corrected chi connectivity index (χ3v) is 4.76. The van der Waals surface area contributed by atoms with Crippen LogP contribution in [0.3, 0.4) is 0 Å². The number of aliphatic hydroxyl groups is 1. The number of nitriles is 1. The summed E-state index contributed by atoms with van der Waals surface area (Å²) in [5.41, 5.74) is 1.17. The van der Waals surface area contributed by atoms with Crippen molar-refractivity contribution in [3.63, 3.8) is 0 Å². The first-order valence-corrected chi connectivity index (χ1v) is 7.80. The molecule has 0 aliphatic rings. The van der Waals surface area contributed by atoms with E-state index in [1.807, 2.05) is 5.38 Å². The zero-order chi connectivity index (χ0) is 15.3. The summed E-state index contributed by atoms with van der Waals surface area (Å²) in [5.74, 6) is 0. The molecule has 0 aliphatic heterocycles. The third kappa shape index (κ3) is 3.67. The quantitative estimate of drug-likeness (QED) is 0.860. The molecule has 1 aromatic carbocycles. The van der Waals surface area contributed by atoms with Gasteiger partial charge in [-0.05, 0) is 31.0 Å². The molecular formula is C16H19N3OS. The first kappa shape index (κ1) is 15.6. The number of aromatic nitrogens is 1. The topological polar surface area (TPSA) is 68.9 Å². The van der Waals surface area contributed by atoms with Crippen molar-refractivity contribution in [1.29, 1.82) is 5.26 Å². The van der Waals surface area contributed by atoms with Crippen molar-refractivity contribution in [3.8, 4) is 6.07 Å². The van der Waals surface area contributed by atoms with Gasteiger partial charge in [0, 0.05) is 18.1 Å². The summed E-state index contributed by atoms with van der Waals surface area (Å²) in [7, 11) is 0. The van der Waals surface area contributed by atoms with E-state index in [1.54, 1.807) is 41.8 Å². The van der Waals surface area contributed by atoms with Gasteiger partial charge in [-0.15, -0.1) is 11.3 Å². The number of hydrogen-bond donors (Lipinski definition) is 2. The fraction of sp³-hybridized carbons (Fsp3) is 0.375. The van der Waals surface area contributed by atoms with Crippen LogP contribution in [0.25, 0.3) is 0 Å². The molecule has 2 N–H and O–H groups in total. The van der Waals surface area contributed by atoms with E-state index in [9.17, 15) is 5.11 Å². The molecule has 1 aromatic heterocycles. The van der Waals surface area contributed by atoms with E-state index in [2.05, 4.69) is 30.2 Å². The number of aliphatic hydroxyl groups excluding tert-OH is 1. The van der Waals surface area contributed by atoms with E-state index in [-0.39, 0.29) is 5.54 Å². The van der Waals surface area contributed by atoms with E-state index >= 15 is 0 Å². The summed E-state index contributed by atoms with van der Waals surface area (Å²) in [6.07, 6.45) is 2.08. The molecule has 0 fully saturated rings. The van der Waals surface area contributed by atoms with Crippen LogP contribution in [-0.4, -0.2) is 16.6 Å². The highest BCUT2D eigenvalue weighted by Crippen LogP contribution is 2.27. The van der Waals surface area contributed by atoms with Crippen LogP contribution in [0.1, 0.15) is 42.5 Å². The van der Waals surface area contributed by atoms with E-state index < -0.39 is 6.10 Å². The SMILES string of the molecule is CCC(C)(NCC(O)c1ccc(C#N)cc1)c1nccs1. The van der Waals surface area contributed by atoms with Crippen molar-refractivity contribution in [2.75, 3.05) is 6.54 Å². The molecule has 5 heteroatoms. The van der Waals surface area contributed by atoms with Gasteiger partial charge in [0.05, 0.1) is 23.3 Å². The van der Waals surface area contributed by atoms with Crippen molar-refractivity contribution in [1.82, 2.24) is 10.3 Å². The van der Waals surface area contributed by atoms with Crippen molar-refractivity contribution >= 4 is 11.3 Å². The maximum atomic E-state index is 10.3. The standard InChI is InChI=1S/C16H19N3OS/c1-3-16(2,15-18-8-9-21-15)19-11-14(20)13-6-4-12(10-17)5-7-13/h4-9,14,19-20H,3,11H2,1-2H3. The van der Waals surface area contributed by atoms with Crippen LogP contribution in [0.2, 0.25) is 0 Å². The van der Waals surface area contributed by atoms with Crippen molar-refractivity contribution in [2.24, 2.45) is 0 Å². The number of nitrogens with zero attached hydrogens (tertiary/aromatic N) is 2. The summed E-state index contributed by atoms with van der Waals surface area (Å²) in [6.45, 7) is 4.63. The fourth-order valence-corrected chi connectivity index (χ4v) is 2.92. The molecule has 0 aliphatic carbocycles. The summed E-state index contributed by atoms with van der Waals surface area (Å²) < 4.78 is 0. The Morgan fingerprint density at radius 1 is 1.43 bits per heavy atom. The molecule has 0 saturated carbocycles. The molecule has 1 heterocycles. The minimum Gasteiger partial charge on any atom is -0.387 e. The number of benzene rings is 1. The average Bonchev–Trinajstić information content (AvgIpc) is 3.07. The smallest absolute Gasteiger partial charge is 0.112 e. The molecule has 2 rings (SSSR count). The molecular weight excluding hydrogens is 282 g/mol. The van der Waals surface area contributed by atoms with Gasteiger partial charge in [0.1, 0.15) is 5.01 Å². The lowest BCUT2D eigenvalue weighted by Crippen LogP contribution is -2.41. The molecule has 2 unspecified atom stereocenters. The summed E-state index contributed by atoms with van der Waals surface area (Å²) >= 11 is 1.62. The minimum atomic E-state index is -0.608. The Hall–Kier alpha value is -1.74. The molecule has 0 radical (unpaired) electrons. The fourth-order valence-electron chi connectivity index (χ4n) is 2.07. The predicted molar refractivity (Wildman–Crippen MR) is 83.9 cm³/mol. The van der Waals surface area contributed by atoms with Crippen molar-refractivity contribution in [3.05, 3.63) is 52.0 Å². The molecule has 0 saturated heterocycles. The summed E-state index contributed by atoms with van der Waals surface area (Å²) in [6, 6.07) is 9.09. The highest BCUT2D eigenvalue weighted by Gasteiger charge is 2.27. The predicted octanol–water partition coefficient (Wildman–Crippen LogP) is 2.96. The second-order valence-electron chi connectivity index (χ2n) is 5.15. The Bertz CT molecular complexity index is 603. The second-order valence-corrected chi connectivity index (χ2v) is 6.05. The van der Waals surface area contributed by atoms with Crippen LogP contribution in [0.5, 0.6) is 0 Å². The first-order valence-electron chi connectivity index (χ1n) is 6.92. The van der Waals surface area contributed by atoms with Crippen LogP contribution in [0.4, 0.5) is 0 Å². The van der Waals surface area contributed by atoms with E-state index in [0.29, 0.717) is 12.1 Å². The van der Waals surface area contributed by atoms with Crippen LogP contribution in [-0.2, 0) is 5.54 Å². The molecule has 0 amide bonds. The van der Waals surface area contributed by atoms with Gasteiger partial charge in [-0.1, -0.05) is 19.1 Å². The summed E-state index contributed by atoms with van der Waals surface area (Å²) in [4.78, 5) is 4.37. The molecule has 21 heavy (non-hydrogen) atoms. The van der Waals surface area contributed by atoms with Gasteiger partial charge in [-0.25, -0.2) is 4.98 Å². The van der Waals surface area contributed by atoms with E-state index in [4.69, 9.17) is 5.26 Å².